The van der Waals surface area contributed by atoms with Crippen LogP contribution in [0.1, 0.15) is 16.9 Å². The van der Waals surface area contributed by atoms with Gasteiger partial charge in [0.1, 0.15) is 28.2 Å². The zero-order valence-electron chi connectivity index (χ0n) is 18.0. The predicted molar refractivity (Wildman–Crippen MR) is 128 cm³/mol. The van der Waals surface area contributed by atoms with E-state index in [1.54, 1.807) is 24.8 Å². The largest absolute Gasteiger partial charge is 0.494 e. The first-order valence-electron chi connectivity index (χ1n) is 10.9. The summed E-state index contributed by atoms with van der Waals surface area (Å²) in [6.07, 6.45) is 4.02. The molecule has 3 aromatic heterocycles. The van der Waals surface area contributed by atoms with Gasteiger partial charge in [0.25, 0.3) is 0 Å². The van der Waals surface area contributed by atoms with Crippen molar-refractivity contribution >= 4 is 60.7 Å². The minimum atomic E-state index is 0.0226. The lowest BCUT2D eigenvalue weighted by Gasteiger charge is -2.31. The molecule has 1 aliphatic carbocycles. The number of morpholine rings is 1. The van der Waals surface area contributed by atoms with E-state index in [2.05, 4.69) is 24.9 Å². The van der Waals surface area contributed by atoms with E-state index < -0.39 is 0 Å². The lowest BCUT2D eigenvalue weighted by Crippen LogP contribution is -2.44. The number of benzene rings is 1. The molecule has 0 spiro atoms. The topological polar surface area (TPSA) is 102 Å². The molecular weight excluding hydrogens is 460 g/mol. The van der Waals surface area contributed by atoms with E-state index in [9.17, 15) is 4.79 Å². The number of fused-ring (bicyclic) bond motifs is 4. The Balaban J connectivity index is 1.32. The second-order valence-corrected chi connectivity index (χ2v) is 10.1. The van der Waals surface area contributed by atoms with Crippen LogP contribution < -0.4 is 10.1 Å². The summed E-state index contributed by atoms with van der Waals surface area (Å²) in [7, 11) is 1.64. The van der Waals surface area contributed by atoms with E-state index >= 15 is 0 Å². The number of anilines is 2. The number of methoxy groups -OCH3 is 1. The maximum absolute atomic E-state index is 13.1. The molecule has 1 amide bonds. The highest BCUT2D eigenvalue weighted by molar-refractivity contribution is 7.19. The van der Waals surface area contributed by atoms with Gasteiger partial charge in [0, 0.05) is 30.0 Å². The number of nitrogens with one attached hydrogen (secondary N) is 1. The Hall–Kier alpha value is -2.89. The van der Waals surface area contributed by atoms with E-state index in [1.165, 1.54) is 22.0 Å². The summed E-state index contributed by atoms with van der Waals surface area (Å²) in [4.78, 5) is 26.3. The van der Waals surface area contributed by atoms with Crippen molar-refractivity contribution < 1.29 is 14.3 Å². The van der Waals surface area contributed by atoms with Crippen molar-refractivity contribution in [2.75, 3.05) is 38.7 Å². The number of rotatable bonds is 4. The number of aromatic nitrogens is 4. The molecule has 1 atom stereocenters. The minimum Gasteiger partial charge on any atom is -0.494 e. The number of hydrogen-bond donors (Lipinski definition) is 1. The molecule has 1 aromatic carbocycles. The van der Waals surface area contributed by atoms with E-state index in [0.717, 1.165) is 51.2 Å². The zero-order valence-corrected chi connectivity index (χ0v) is 19.7. The molecule has 4 aromatic rings. The summed E-state index contributed by atoms with van der Waals surface area (Å²) in [6, 6.07) is 3.87. The number of aryl methyl sites for hydroxylation is 1. The van der Waals surface area contributed by atoms with Crippen molar-refractivity contribution in [3.8, 4) is 5.75 Å². The van der Waals surface area contributed by atoms with Gasteiger partial charge < -0.3 is 19.7 Å². The molecule has 0 saturated carbocycles. The Morgan fingerprint density at radius 2 is 2.15 bits per heavy atom. The van der Waals surface area contributed by atoms with Crippen LogP contribution in [-0.4, -0.2) is 63.8 Å². The van der Waals surface area contributed by atoms with Gasteiger partial charge in [-0.05, 0) is 42.4 Å². The van der Waals surface area contributed by atoms with Gasteiger partial charge in [-0.2, -0.15) is 0 Å². The highest BCUT2D eigenvalue weighted by Gasteiger charge is 2.32. The number of hydrogen-bond acceptors (Lipinski definition) is 10. The molecule has 1 fully saturated rings. The first-order chi connectivity index (χ1) is 16.2. The van der Waals surface area contributed by atoms with Crippen LogP contribution in [0.15, 0.2) is 18.5 Å². The molecule has 9 nitrogen and oxygen atoms in total. The van der Waals surface area contributed by atoms with Gasteiger partial charge in [-0.3, -0.25) is 4.79 Å². The average molecular weight is 483 g/mol. The lowest BCUT2D eigenvalue weighted by molar-refractivity contribution is -0.140. The maximum Gasteiger partial charge on any atom is 0.226 e. The fourth-order valence-corrected chi connectivity index (χ4v) is 6.51. The Morgan fingerprint density at radius 1 is 1.27 bits per heavy atom. The molecule has 6 rings (SSSR count). The number of carbonyl (C=O) groups excluding carboxylic acids is 1. The Labute approximate surface area is 197 Å². The average Bonchev–Trinajstić information content (AvgIpc) is 3.47. The number of amides is 1. The van der Waals surface area contributed by atoms with Crippen LogP contribution in [0.3, 0.4) is 0 Å². The second kappa shape index (κ2) is 8.47. The summed E-state index contributed by atoms with van der Waals surface area (Å²) in [5.41, 5.74) is 2.87. The molecule has 170 valence electrons. The van der Waals surface area contributed by atoms with Crippen molar-refractivity contribution in [3.63, 3.8) is 0 Å². The third-order valence-corrected chi connectivity index (χ3v) is 8.19. The van der Waals surface area contributed by atoms with Crippen LogP contribution in [-0.2, 0) is 22.4 Å². The smallest absolute Gasteiger partial charge is 0.226 e. The Kier molecular flexibility index (Phi) is 5.31. The number of nitrogens with zero attached hydrogens (tertiary/aromatic N) is 5. The maximum atomic E-state index is 13.1. The monoisotopic (exact) mass is 482 g/mol. The number of carbonyl (C=O) groups is 1. The third-order valence-electron chi connectivity index (χ3n) is 6.34. The van der Waals surface area contributed by atoms with E-state index in [1.807, 2.05) is 17.0 Å². The fraction of sp³-hybridized carbons (Fsp3) is 0.409. The van der Waals surface area contributed by atoms with Crippen LogP contribution in [0, 0.1) is 5.92 Å². The van der Waals surface area contributed by atoms with Gasteiger partial charge in [-0.25, -0.2) is 9.97 Å². The molecule has 1 aliphatic heterocycles. The third kappa shape index (κ3) is 3.69. The van der Waals surface area contributed by atoms with Crippen LogP contribution >= 0.6 is 22.9 Å². The number of thiophene rings is 1. The highest BCUT2D eigenvalue weighted by Crippen LogP contribution is 2.42. The molecule has 11 heteroatoms. The van der Waals surface area contributed by atoms with Crippen molar-refractivity contribution in [2.24, 2.45) is 5.92 Å². The molecule has 0 radical (unpaired) electrons. The molecule has 2 aliphatic rings. The van der Waals surface area contributed by atoms with E-state index in [-0.39, 0.29) is 11.8 Å². The standard InChI is InChI=1S/C22H22N6O3S2/c1-30-16-9-15-18(33-27-26-15)10-14(16)25-20-19-13-3-2-12(22(29)28-4-6-31-7-5-28)8-17(13)32-21(19)24-11-23-20/h9-12H,2-8H2,1H3,(H,23,24,25)/t12-/m0/s1. The first-order valence-corrected chi connectivity index (χ1v) is 12.5. The zero-order chi connectivity index (χ0) is 22.4. The van der Waals surface area contributed by atoms with Gasteiger partial charge in [0.2, 0.25) is 5.91 Å². The van der Waals surface area contributed by atoms with Gasteiger partial charge in [0.05, 0.1) is 36.1 Å². The van der Waals surface area contributed by atoms with Crippen molar-refractivity contribution in [3.05, 3.63) is 28.9 Å². The van der Waals surface area contributed by atoms with Gasteiger partial charge in [-0.1, -0.05) is 4.49 Å². The van der Waals surface area contributed by atoms with Crippen LogP contribution in [0.5, 0.6) is 5.75 Å². The van der Waals surface area contributed by atoms with E-state index in [0.29, 0.717) is 32.1 Å². The molecule has 33 heavy (non-hydrogen) atoms. The molecule has 1 saturated heterocycles. The predicted octanol–water partition coefficient (Wildman–Crippen LogP) is 3.41. The van der Waals surface area contributed by atoms with Crippen LogP contribution in [0.4, 0.5) is 11.5 Å². The van der Waals surface area contributed by atoms with Crippen molar-refractivity contribution in [2.45, 2.75) is 19.3 Å². The highest BCUT2D eigenvalue weighted by atomic mass is 32.1. The first kappa shape index (κ1) is 20.7. The minimum absolute atomic E-state index is 0.0226. The van der Waals surface area contributed by atoms with Gasteiger partial charge >= 0.3 is 0 Å². The molecule has 1 N–H and O–H groups in total. The quantitative estimate of drug-likeness (QED) is 0.472. The fourth-order valence-electron chi connectivity index (χ4n) is 4.66. The summed E-state index contributed by atoms with van der Waals surface area (Å²) >= 11 is 3.01. The molecule has 0 bridgehead atoms. The van der Waals surface area contributed by atoms with Gasteiger partial charge in [0.15, 0.2) is 0 Å². The summed E-state index contributed by atoms with van der Waals surface area (Å²) in [5, 5.41) is 8.63. The number of ether oxygens (including phenoxy) is 2. The summed E-state index contributed by atoms with van der Waals surface area (Å²) < 4.78 is 16.0. The van der Waals surface area contributed by atoms with Crippen LogP contribution in [0.2, 0.25) is 0 Å². The second-order valence-electron chi connectivity index (χ2n) is 8.20. The van der Waals surface area contributed by atoms with E-state index in [4.69, 9.17) is 9.47 Å². The van der Waals surface area contributed by atoms with Crippen LogP contribution in [0.25, 0.3) is 20.4 Å². The van der Waals surface area contributed by atoms with Crippen molar-refractivity contribution in [1.29, 1.82) is 0 Å². The normalized spacial score (nSPS) is 18.5. The molecule has 4 heterocycles. The molecular formula is C22H22N6O3S2. The lowest BCUT2D eigenvalue weighted by atomic mass is 9.86. The summed E-state index contributed by atoms with van der Waals surface area (Å²) in [6.45, 7) is 2.64. The Bertz CT molecular complexity index is 1350. The molecule has 0 unspecified atom stereocenters. The Morgan fingerprint density at radius 3 is 3.00 bits per heavy atom. The summed E-state index contributed by atoms with van der Waals surface area (Å²) in [5.74, 6) is 1.71. The SMILES string of the molecule is COc1cc2nnsc2cc1Nc1ncnc2sc3c(c12)CC[C@H](C(=O)N1CCOCC1)C3. The van der Waals surface area contributed by atoms with Crippen molar-refractivity contribution in [1.82, 2.24) is 24.5 Å². The van der Waals surface area contributed by atoms with Gasteiger partial charge in [-0.15, -0.1) is 16.4 Å².